The normalized spacial score (nSPS) is 19.8. The zero-order chi connectivity index (χ0) is 18.5. The van der Waals surface area contributed by atoms with Gasteiger partial charge in [0.2, 0.25) is 5.91 Å². The van der Waals surface area contributed by atoms with Crippen molar-refractivity contribution in [1.82, 2.24) is 0 Å². The summed E-state index contributed by atoms with van der Waals surface area (Å²) < 4.78 is 5.81. The molecule has 0 radical (unpaired) electrons. The highest BCUT2D eigenvalue weighted by Gasteiger charge is 2.24. The van der Waals surface area contributed by atoms with Crippen molar-refractivity contribution < 1.29 is 9.53 Å². The fraction of sp³-hybridized carbons (Fsp3) is 0.381. The quantitative estimate of drug-likeness (QED) is 0.753. The van der Waals surface area contributed by atoms with E-state index in [4.69, 9.17) is 10.5 Å². The first-order valence-corrected chi connectivity index (χ1v) is 9.12. The minimum atomic E-state index is -0.313. The number of carbonyl (C=O) groups excluding carboxylic acids is 1. The van der Waals surface area contributed by atoms with Gasteiger partial charge in [-0.2, -0.15) is 0 Å². The average molecular weight is 426 g/mol. The van der Waals surface area contributed by atoms with Crippen molar-refractivity contribution in [3.05, 3.63) is 60.2 Å². The second-order valence-corrected chi connectivity index (χ2v) is 6.95. The van der Waals surface area contributed by atoms with Gasteiger partial charge in [-0.25, -0.2) is 0 Å². The highest BCUT2D eigenvalue weighted by Crippen LogP contribution is 2.29. The summed E-state index contributed by atoms with van der Waals surface area (Å²) in [6.07, 6.45) is 0.567. The number of benzene rings is 2. The predicted molar refractivity (Wildman–Crippen MR) is 120 cm³/mol. The molecule has 1 fully saturated rings. The van der Waals surface area contributed by atoms with E-state index in [2.05, 4.69) is 24.1 Å². The first-order valence-electron chi connectivity index (χ1n) is 9.12. The minimum absolute atomic E-state index is 0. The van der Waals surface area contributed by atoms with E-state index in [9.17, 15) is 4.79 Å². The van der Waals surface area contributed by atoms with Gasteiger partial charge >= 0.3 is 0 Å². The zero-order valence-electron chi connectivity index (χ0n) is 16.2. The first-order chi connectivity index (χ1) is 12.5. The number of morpholine rings is 1. The summed E-state index contributed by atoms with van der Waals surface area (Å²) >= 11 is 0. The zero-order valence-corrected chi connectivity index (χ0v) is 17.8. The van der Waals surface area contributed by atoms with Crippen LogP contribution >= 0.6 is 24.8 Å². The average Bonchev–Trinajstić information content (AvgIpc) is 2.62. The Labute approximate surface area is 179 Å². The molecule has 3 unspecified atom stereocenters. The molecule has 0 saturated carbocycles. The van der Waals surface area contributed by atoms with Gasteiger partial charge in [-0.15, -0.1) is 24.8 Å². The Balaban J connectivity index is 0.00000196. The molecule has 1 saturated heterocycles. The van der Waals surface area contributed by atoms with Crippen LogP contribution in [0, 0.1) is 0 Å². The smallest absolute Gasteiger partial charge is 0.226 e. The lowest BCUT2D eigenvalue weighted by Crippen LogP contribution is -2.45. The van der Waals surface area contributed by atoms with Crippen LogP contribution in [0.25, 0.3) is 0 Å². The van der Waals surface area contributed by atoms with Crippen LogP contribution in [-0.2, 0) is 9.53 Å². The van der Waals surface area contributed by atoms with Crippen LogP contribution in [0.1, 0.15) is 31.9 Å². The summed E-state index contributed by atoms with van der Waals surface area (Å²) in [5, 5.41) is 3.04. The van der Waals surface area contributed by atoms with Crippen molar-refractivity contribution >= 4 is 42.1 Å². The van der Waals surface area contributed by atoms with Crippen molar-refractivity contribution in [2.24, 2.45) is 5.73 Å². The lowest BCUT2D eigenvalue weighted by molar-refractivity contribution is -0.116. The molecular weight excluding hydrogens is 397 g/mol. The Morgan fingerprint density at radius 3 is 2.29 bits per heavy atom. The Kier molecular flexibility index (Phi) is 9.76. The Morgan fingerprint density at radius 1 is 1.07 bits per heavy atom. The van der Waals surface area contributed by atoms with E-state index >= 15 is 0 Å². The van der Waals surface area contributed by atoms with E-state index in [1.807, 2.05) is 54.6 Å². The van der Waals surface area contributed by atoms with Crippen LogP contribution in [0.2, 0.25) is 0 Å². The lowest BCUT2D eigenvalue weighted by Gasteiger charge is -2.37. The second-order valence-electron chi connectivity index (χ2n) is 6.95. The van der Waals surface area contributed by atoms with Crippen LogP contribution in [0.15, 0.2) is 54.6 Å². The molecule has 1 aliphatic heterocycles. The van der Waals surface area contributed by atoms with E-state index in [-0.39, 0.29) is 55.4 Å². The van der Waals surface area contributed by atoms with Gasteiger partial charge in [0.15, 0.2) is 0 Å². The maximum absolute atomic E-state index is 12.5. The number of ether oxygens (including phenoxy) is 1. The highest BCUT2D eigenvalue weighted by atomic mass is 35.5. The number of hydrogen-bond donors (Lipinski definition) is 2. The molecule has 3 rings (SSSR count). The number of anilines is 2. The van der Waals surface area contributed by atoms with Gasteiger partial charge in [-0.1, -0.05) is 42.5 Å². The van der Waals surface area contributed by atoms with Crippen molar-refractivity contribution in [3.63, 3.8) is 0 Å². The third-order valence-corrected chi connectivity index (χ3v) is 4.57. The molecule has 0 bridgehead atoms. The molecule has 1 amide bonds. The number of halogens is 2. The molecule has 3 atom stereocenters. The number of nitrogens with zero attached hydrogens (tertiary/aromatic N) is 1. The van der Waals surface area contributed by atoms with Gasteiger partial charge in [-0.3, -0.25) is 4.79 Å². The number of nitrogens with two attached hydrogens (primary N) is 1. The minimum Gasteiger partial charge on any atom is -0.372 e. The molecule has 2 aromatic carbocycles. The number of nitrogens with one attached hydrogen (secondary N) is 1. The summed E-state index contributed by atoms with van der Waals surface area (Å²) in [5.41, 5.74) is 8.99. The van der Waals surface area contributed by atoms with Crippen molar-refractivity contribution in [1.29, 1.82) is 0 Å². The number of rotatable bonds is 5. The van der Waals surface area contributed by atoms with E-state index in [0.29, 0.717) is 0 Å². The molecule has 0 spiro atoms. The van der Waals surface area contributed by atoms with Crippen LogP contribution in [-0.4, -0.2) is 31.2 Å². The van der Waals surface area contributed by atoms with Crippen molar-refractivity contribution in [2.45, 2.75) is 38.5 Å². The molecule has 7 heteroatoms. The van der Waals surface area contributed by atoms with E-state index in [1.165, 1.54) is 0 Å². The third kappa shape index (κ3) is 6.38. The molecule has 154 valence electrons. The van der Waals surface area contributed by atoms with Crippen molar-refractivity contribution in [3.8, 4) is 0 Å². The van der Waals surface area contributed by atoms with E-state index < -0.39 is 0 Å². The fourth-order valence-corrected chi connectivity index (χ4v) is 3.45. The lowest BCUT2D eigenvalue weighted by atomic mass is 10.0. The Morgan fingerprint density at radius 2 is 1.64 bits per heavy atom. The molecule has 3 N–H and O–H groups in total. The van der Waals surface area contributed by atoms with Crippen LogP contribution in [0.4, 0.5) is 11.4 Å². The predicted octanol–water partition coefficient (Wildman–Crippen LogP) is 4.17. The topological polar surface area (TPSA) is 67.6 Å². The fourth-order valence-electron chi connectivity index (χ4n) is 3.45. The van der Waals surface area contributed by atoms with Crippen LogP contribution < -0.4 is 16.0 Å². The number of amides is 1. The summed E-state index contributed by atoms with van der Waals surface area (Å²) in [7, 11) is 0. The summed E-state index contributed by atoms with van der Waals surface area (Å²) in [4.78, 5) is 14.8. The Bertz CT molecular complexity index is 735. The molecule has 2 aromatic rings. The van der Waals surface area contributed by atoms with E-state index in [0.717, 1.165) is 30.0 Å². The molecular formula is C21H29Cl2N3O2. The number of para-hydroxylation sites is 2. The van der Waals surface area contributed by atoms with E-state index in [1.54, 1.807) is 0 Å². The Hall–Kier alpha value is -1.79. The van der Waals surface area contributed by atoms with Gasteiger partial charge in [0.05, 0.1) is 23.6 Å². The van der Waals surface area contributed by atoms with Gasteiger partial charge < -0.3 is 20.7 Å². The summed E-state index contributed by atoms with van der Waals surface area (Å²) in [6, 6.07) is 17.3. The maximum atomic E-state index is 12.5. The van der Waals surface area contributed by atoms with Crippen LogP contribution in [0.3, 0.4) is 0 Å². The molecule has 28 heavy (non-hydrogen) atoms. The molecule has 1 aliphatic rings. The van der Waals surface area contributed by atoms with Crippen molar-refractivity contribution in [2.75, 3.05) is 23.3 Å². The summed E-state index contributed by atoms with van der Waals surface area (Å²) in [5.74, 6) is -0.0804. The van der Waals surface area contributed by atoms with Crippen LogP contribution in [0.5, 0.6) is 0 Å². The largest absolute Gasteiger partial charge is 0.372 e. The van der Waals surface area contributed by atoms with Gasteiger partial charge in [0.25, 0.3) is 0 Å². The van der Waals surface area contributed by atoms with Gasteiger partial charge in [0, 0.05) is 25.6 Å². The molecule has 1 heterocycles. The monoisotopic (exact) mass is 425 g/mol. The van der Waals surface area contributed by atoms with Gasteiger partial charge in [-0.05, 0) is 31.5 Å². The second kappa shape index (κ2) is 11.3. The summed E-state index contributed by atoms with van der Waals surface area (Å²) in [6.45, 7) is 5.76. The highest BCUT2D eigenvalue weighted by molar-refractivity contribution is 5.94. The molecule has 0 aliphatic carbocycles. The first kappa shape index (κ1) is 24.2. The molecule has 5 nitrogen and oxygen atoms in total. The molecule has 0 aromatic heterocycles. The standard InChI is InChI=1S/C21H27N3O2.2ClH/c1-15-13-24(14-16(2)26-15)20-11-7-6-10-19(20)23-21(25)12-18(22)17-8-4-3-5-9-17;;/h3-11,15-16,18H,12-14,22H2,1-2H3,(H,23,25);2*1H. The number of hydrogen-bond acceptors (Lipinski definition) is 4. The van der Waals surface area contributed by atoms with Gasteiger partial charge in [0.1, 0.15) is 0 Å². The third-order valence-electron chi connectivity index (χ3n) is 4.57. The SMILES string of the molecule is CC1CN(c2ccccc2NC(=O)CC(N)c2ccccc2)CC(C)O1.Cl.Cl. The maximum Gasteiger partial charge on any atom is 0.226 e. The number of carbonyl (C=O) groups is 1.